The predicted molar refractivity (Wildman–Crippen MR) is 126 cm³/mol. The fourth-order valence-electron chi connectivity index (χ4n) is 4.81. The van der Waals surface area contributed by atoms with Gasteiger partial charge in [-0.3, -0.25) is 5.32 Å². The predicted octanol–water partition coefficient (Wildman–Crippen LogP) is 5.47. The summed E-state index contributed by atoms with van der Waals surface area (Å²) in [6, 6.07) is 0.593. The second kappa shape index (κ2) is 10.2. The first kappa shape index (κ1) is 23.1. The maximum absolute atomic E-state index is 13.4. The summed E-state index contributed by atoms with van der Waals surface area (Å²) in [7, 11) is 1.68. The van der Waals surface area contributed by atoms with E-state index in [2.05, 4.69) is 27.1 Å². The third-order valence-electron chi connectivity index (χ3n) is 6.64. The number of rotatable bonds is 6. The van der Waals surface area contributed by atoms with Crippen molar-refractivity contribution in [2.75, 3.05) is 5.32 Å². The highest BCUT2D eigenvalue weighted by molar-refractivity contribution is 8.01. The normalized spacial score (nSPS) is 21.9. The molecule has 0 radical (unpaired) electrons. The molecule has 2 aliphatic rings. The molecule has 0 aromatic carbocycles. The van der Waals surface area contributed by atoms with Crippen molar-refractivity contribution in [3.05, 3.63) is 18.1 Å². The minimum absolute atomic E-state index is 0.0347. The van der Waals surface area contributed by atoms with Crippen LogP contribution in [0.25, 0.3) is 0 Å². The second-order valence-electron chi connectivity index (χ2n) is 8.92. The van der Waals surface area contributed by atoms with Crippen LogP contribution in [0.4, 0.5) is 9.93 Å². The van der Waals surface area contributed by atoms with E-state index in [4.69, 9.17) is 0 Å². The van der Waals surface area contributed by atoms with Crippen LogP contribution in [0.2, 0.25) is 0 Å². The number of aromatic carboxylic acids is 1. The quantitative estimate of drug-likeness (QED) is 0.572. The molecule has 32 heavy (non-hydrogen) atoms. The van der Waals surface area contributed by atoms with E-state index in [0.717, 1.165) is 35.8 Å². The van der Waals surface area contributed by atoms with Crippen LogP contribution in [0.5, 0.6) is 0 Å². The summed E-state index contributed by atoms with van der Waals surface area (Å²) in [5.74, 6) is -0.266. The number of hydrogen-bond acceptors (Lipinski definition) is 6. The van der Waals surface area contributed by atoms with E-state index in [1.807, 2.05) is 0 Å². The number of urea groups is 1. The first-order valence-corrected chi connectivity index (χ1v) is 13.0. The highest BCUT2D eigenvalue weighted by Gasteiger charge is 2.34. The maximum Gasteiger partial charge on any atom is 0.354 e. The molecule has 2 aromatic rings. The van der Waals surface area contributed by atoms with E-state index < -0.39 is 5.97 Å². The molecule has 0 bridgehead atoms. The van der Waals surface area contributed by atoms with Gasteiger partial charge in [0.15, 0.2) is 10.3 Å². The number of carboxylic acid groups (broad SMARTS) is 1. The average Bonchev–Trinajstić information content (AvgIpc) is 3.37. The molecule has 2 saturated carbocycles. The molecule has 0 spiro atoms. The lowest BCUT2D eigenvalue weighted by Gasteiger charge is -2.42. The average molecular weight is 478 g/mol. The lowest BCUT2D eigenvalue weighted by Crippen LogP contribution is -2.51. The number of nitrogens with one attached hydrogen (secondary N) is 1. The fraction of sp³-hybridized carbons (Fsp3) is 0.636. The van der Waals surface area contributed by atoms with Crippen LogP contribution in [0.1, 0.15) is 75.2 Å². The van der Waals surface area contributed by atoms with Gasteiger partial charge in [0.25, 0.3) is 0 Å². The van der Waals surface area contributed by atoms with Crippen LogP contribution in [0.15, 0.2) is 21.8 Å². The van der Waals surface area contributed by atoms with Gasteiger partial charge < -0.3 is 14.6 Å². The molecule has 2 amide bonds. The molecule has 0 atom stereocenters. The van der Waals surface area contributed by atoms with Crippen molar-refractivity contribution in [2.24, 2.45) is 13.0 Å². The van der Waals surface area contributed by atoms with E-state index in [1.165, 1.54) is 61.4 Å². The summed E-state index contributed by atoms with van der Waals surface area (Å²) in [5.41, 5.74) is 0.135. The summed E-state index contributed by atoms with van der Waals surface area (Å²) in [6.45, 7) is 2.30. The van der Waals surface area contributed by atoms with E-state index in [1.54, 1.807) is 17.8 Å². The summed E-state index contributed by atoms with van der Waals surface area (Å²) < 4.78 is 2.39. The van der Waals surface area contributed by atoms with Gasteiger partial charge in [0.2, 0.25) is 0 Å². The molecule has 10 heteroatoms. The van der Waals surface area contributed by atoms with Gasteiger partial charge in [-0.2, -0.15) is 0 Å². The van der Waals surface area contributed by atoms with Crippen molar-refractivity contribution in [1.82, 2.24) is 19.4 Å². The Kier molecular flexibility index (Phi) is 7.40. The molecule has 0 unspecified atom stereocenters. The Morgan fingerprint density at radius 1 is 1.09 bits per heavy atom. The number of carboxylic acids is 1. The van der Waals surface area contributed by atoms with Gasteiger partial charge in [-0.25, -0.2) is 19.6 Å². The second-order valence-corrected chi connectivity index (χ2v) is 11.2. The lowest BCUT2D eigenvalue weighted by atomic mass is 9.84. The zero-order chi connectivity index (χ0) is 22.7. The number of carbonyl (C=O) groups is 2. The molecule has 0 saturated heterocycles. The Labute approximate surface area is 196 Å². The summed E-state index contributed by atoms with van der Waals surface area (Å²) in [6.07, 6.45) is 13.4. The van der Waals surface area contributed by atoms with E-state index in [-0.39, 0.29) is 11.7 Å². The number of nitrogens with zero attached hydrogens (tertiary/aromatic N) is 4. The van der Waals surface area contributed by atoms with Crippen molar-refractivity contribution < 1.29 is 14.7 Å². The molecule has 0 aliphatic heterocycles. The lowest BCUT2D eigenvalue weighted by molar-refractivity contribution is 0.0685. The Hall–Kier alpha value is -2.07. The van der Waals surface area contributed by atoms with Crippen molar-refractivity contribution >= 4 is 40.2 Å². The zero-order valence-corrected chi connectivity index (χ0v) is 20.3. The van der Waals surface area contributed by atoms with Gasteiger partial charge in [0.1, 0.15) is 5.69 Å². The van der Waals surface area contributed by atoms with Crippen LogP contribution in [0.3, 0.4) is 0 Å². The van der Waals surface area contributed by atoms with Crippen molar-refractivity contribution in [2.45, 2.75) is 86.2 Å². The van der Waals surface area contributed by atoms with Gasteiger partial charge in [0.05, 0.1) is 16.6 Å². The number of carbonyl (C=O) groups excluding carboxylic acids is 1. The minimum atomic E-state index is -1.01. The number of aromatic nitrogens is 3. The Bertz CT molecular complexity index is 945. The van der Waals surface area contributed by atoms with Gasteiger partial charge in [-0.1, -0.05) is 37.5 Å². The molecule has 2 aliphatic carbocycles. The molecule has 4 rings (SSSR count). The topological polar surface area (TPSA) is 100 Å². The van der Waals surface area contributed by atoms with Crippen LogP contribution < -0.4 is 5.32 Å². The van der Waals surface area contributed by atoms with Crippen LogP contribution in [-0.2, 0) is 7.05 Å². The van der Waals surface area contributed by atoms with Gasteiger partial charge in [0, 0.05) is 19.1 Å². The fourth-order valence-corrected chi connectivity index (χ4v) is 6.60. The van der Waals surface area contributed by atoms with Crippen molar-refractivity contribution in [3.8, 4) is 0 Å². The SMILES string of the molecule is CC1CCC(N(C(=O)Nc2ncc(Sc3ncc(C(=O)O)n3C)s2)C2CCCCC2)CC1. The summed E-state index contributed by atoms with van der Waals surface area (Å²) in [4.78, 5) is 35.3. The highest BCUT2D eigenvalue weighted by Crippen LogP contribution is 2.35. The van der Waals surface area contributed by atoms with Crippen LogP contribution in [-0.4, -0.2) is 48.6 Å². The third kappa shape index (κ3) is 5.28. The monoisotopic (exact) mass is 477 g/mol. The number of imidazole rings is 1. The number of hydrogen-bond donors (Lipinski definition) is 2. The van der Waals surface area contributed by atoms with E-state index in [9.17, 15) is 14.7 Å². The molecule has 2 fully saturated rings. The van der Waals surface area contributed by atoms with Crippen molar-refractivity contribution in [1.29, 1.82) is 0 Å². The standard InChI is InChI=1S/C22H31N5O3S2/c1-14-8-10-16(11-9-14)27(15-6-4-3-5-7-15)21(30)25-20-23-13-18(31-20)32-22-24-12-17(19(28)29)26(22)2/h12-16H,3-11H2,1-2H3,(H,28,29)(H,23,25,30). The van der Waals surface area contributed by atoms with Gasteiger partial charge >= 0.3 is 12.0 Å². The van der Waals surface area contributed by atoms with Gasteiger partial charge in [-0.05, 0) is 56.2 Å². The molecule has 2 heterocycles. The first-order chi connectivity index (χ1) is 15.4. The molecule has 8 nitrogen and oxygen atoms in total. The Morgan fingerprint density at radius 3 is 2.44 bits per heavy atom. The molecule has 2 N–H and O–H groups in total. The third-order valence-corrected chi connectivity index (χ3v) is 8.71. The minimum Gasteiger partial charge on any atom is -0.477 e. The van der Waals surface area contributed by atoms with E-state index in [0.29, 0.717) is 22.4 Å². The maximum atomic E-state index is 13.4. The highest BCUT2D eigenvalue weighted by atomic mass is 32.2. The number of thiazole rings is 1. The largest absolute Gasteiger partial charge is 0.477 e. The van der Waals surface area contributed by atoms with E-state index >= 15 is 0 Å². The molecule has 174 valence electrons. The van der Waals surface area contributed by atoms with Crippen LogP contribution in [0, 0.1) is 5.92 Å². The molecular formula is C22H31N5O3S2. The summed E-state index contributed by atoms with van der Waals surface area (Å²) in [5, 5.41) is 13.4. The smallest absolute Gasteiger partial charge is 0.354 e. The Morgan fingerprint density at radius 2 is 1.78 bits per heavy atom. The molecule has 2 aromatic heterocycles. The van der Waals surface area contributed by atoms with Crippen molar-refractivity contribution in [3.63, 3.8) is 0 Å². The number of anilines is 1. The van der Waals surface area contributed by atoms with Crippen LogP contribution >= 0.6 is 23.1 Å². The summed E-state index contributed by atoms with van der Waals surface area (Å²) >= 11 is 2.73. The molecular weight excluding hydrogens is 446 g/mol. The Balaban J connectivity index is 1.44. The zero-order valence-electron chi connectivity index (χ0n) is 18.6. The first-order valence-electron chi connectivity index (χ1n) is 11.4. The number of amides is 2. The van der Waals surface area contributed by atoms with Gasteiger partial charge in [-0.15, -0.1) is 0 Å².